The van der Waals surface area contributed by atoms with Crippen LogP contribution in [0.4, 0.5) is 5.82 Å². The van der Waals surface area contributed by atoms with Crippen molar-refractivity contribution in [3.05, 3.63) is 46.6 Å². The normalized spacial score (nSPS) is 19.1. The van der Waals surface area contributed by atoms with E-state index in [1.807, 2.05) is 18.2 Å². The number of piperazine rings is 1. The number of thioether (sulfide) groups is 1. The molecule has 33 heavy (non-hydrogen) atoms. The zero-order valence-corrected chi connectivity index (χ0v) is 20.8. The van der Waals surface area contributed by atoms with Crippen molar-refractivity contribution in [2.75, 3.05) is 50.8 Å². The highest BCUT2D eigenvalue weighted by molar-refractivity contribution is 7.98. The van der Waals surface area contributed by atoms with Gasteiger partial charge in [-0.25, -0.2) is 9.97 Å². The molecule has 0 bridgehead atoms. The van der Waals surface area contributed by atoms with Crippen molar-refractivity contribution < 1.29 is 9.53 Å². The molecular weight excluding hydrogens is 434 g/mol. The number of benzene rings is 1. The molecule has 1 aromatic heterocycles. The van der Waals surface area contributed by atoms with Gasteiger partial charge in [-0.1, -0.05) is 30.8 Å². The Balaban J connectivity index is 1.38. The summed E-state index contributed by atoms with van der Waals surface area (Å²) < 4.78 is 5.60. The van der Waals surface area contributed by atoms with E-state index < -0.39 is 0 Å². The van der Waals surface area contributed by atoms with Crippen molar-refractivity contribution >= 4 is 23.5 Å². The molecule has 4 rings (SSSR count). The first-order valence-corrected chi connectivity index (χ1v) is 13.0. The summed E-state index contributed by atoms with van der Waals surface area (Å²) in [6.45, 7) is 13.0. The number of nitrogens with one attached hydrogen (secondary N) is 1. The first kappa shape index (κ1) is 24.0. The number of carbonyl (C=O) groups excluding carboxylic acids is 1. The molecule has 178 valence electrons. The molecule has 2 saturated heterocycles. The highest BCUT2D eigenvalue weighted by atomic mass is 32.2. The smallest absolute Gasteiger partial charge is 0.251 e. The van der Waals surface area contributed by atoms with Gasteiger partial charge in [-0.2, -0.15) is 0 Å². The summed E-state index contributed by atoms with van der Waals surface area (Å²) in [5, 5.41) is 3.79. The lowest BCUT2D eigenvalue weighted by atomic mass is 10.1. The Morgan fingerprint density at radius 3 is 2.76 bits per heavy atom. The van der Waals surface area contributed by atoms with Crippen LogP contribution < -0.4 is 10.2 Å². The first-order chi connectivity index (χ1) is 16.0. The quantitative estimate of drug-likeness (QED) is 0.469. The Morgan fingerprint density at radius 2 is 2.03 bits per heavy atom. The maximum atomic E-state index is 12.6. The number of ether oxygens (including phenoxy) is 1. The van der Waals surface area contributed by atoms with E-state index in [9.17, 15) is 4.79 Å². The summed E-state index contributed by atoms with van der Waals surface area (Å²) in [5.74, 6) is 1.73. The van der Waals surface area contributed by atoms with Gasteiger partial charge in [-0.3, -0.25) is 4.79 Å². The summed E-state index contributed by atoms with van der Waals surface area (Å²) >= 11 is 1.62. The maximum Gasteiger partial charge on any atom is 0.251 e. The van der Waals surface area contributed by atoms with Gasteiger partial charge in [0, 0.05) is 61.9 Å². The molecule has 2 aliphatic heterocycles. The van der Waals surface area contributed by atoms with Crippen molar-refractivity contribution in [3.8, 4) is 0 Å². The maximum absolute atomic E-state index is 12.6. The molecule has 0 aliphatic carbocycles. The largest absolute Gasteiger partial charge is 0.376 e. The van der Waals surface area contributed by atoms with Crippen LogP contribution in [-0.2, 0) is 10.5 Å². The van der Waals surface area contributed by atoms with E-state index in [4.69, 9.17) is 14.7 Å². The van der Waals surface area contributed by atoms with Crippen molar-refractivity contribution in [2.24, 2.45) is 0 Å². The minimum atomic E-state index is -0.0479. The van der Waals surface area contributed by atoms with Crippen molar-refractivity contribution in [2.45, 2.75) is 50.6 Å². The number of hydrogen-bond donors (Lipinski definition) is 1. The van der Waals surface area contributed by atoms with Crippen LogP contribution in [0.15, 0.2) is 29.4 Å². The van der Waals surface area contributed by atoms with E-state index >= 15 is 0 Å². The molecule has 2 aliphatic rings. The topological polar surface area (TPSA) is 70.6 Å². The highest BCUT2D eigenvalue weighted by Gasteiger charge is 2.21. The summed E-state index contributed by atoms with van der Waals surface area (Å²) in [4.78, 5) is 27.1. The lowest BCUT2D eigenvalue weighted by molar-refractivity contribution is 0.0857. The van der Waals surface area contributed by atoms with E-state index in [1.165, 1.54) is 0 Å². The summed E-state index contributed by atoms with van der Waals surface area (Å²) in [5.41, 5.74) is 3.96. The Bertz CT molecular complexity index is 956. The third-order valence-electron chi connectivity index (χ3n) is 6.53. The summed E-state index contributed by atoms with van der Waals surface area (Å²) in [7, 11) is 0. The molecule has 1 N–H and O–H groups in total. The van der Waals surface area contributed by atoms with E-state index in [0.717, 1.165) is 85.7 Å². The molecule has 1 atom stereocenters. The Morgan fingerprint density at radius 1 is 1.21 bits per heavy atom. The monoisotopic (exact) mass is 469 g/mol. The third kappa shape index (κ3) is 6.25. The van der Waals surface area contributed by atoms with E-state index in [-0.39, 0.29) is 12.0 Å². The van der Waals surface area contributed by atoms with Gasteiger partial charge in [0.25, 0.3) is 5.91 Å². The Kier molecular flexibility index (Phi) is 8.22. The molecule has 0 saturated carbocycles. The van der Waals surface area contributed by atoms with E-state index in [2.05, 4.69) is 42.0 Å². The summed E-state index contributed by atoms with van der Waals surface area (Å²) in [6.07, 6.45) is 2.24. The average Bonchev–Trinajstić information content (AvgIpc) is 3.37. The fourth-order valence-electron chi connectivity index (χ4n) is 4.30. The number of likely N-dealkylation sites (N-methyl/N-ethyl adjacent to an activating group) is 1. The van der Waals surface area contributed by atoms with Crippen LogP contribution in [0.1, 0.15) is 46.9 Å². The molecule has 7 nitrogen and oxygen atoms in total. The van der Waals surface area contributed by atoms with Crippen LogP contribution in [0, 0.1) is 13.8 Å². The molecule has 8 heteroatoms. The average molecular weight is 470 g/mol. The predicted molar refractivity (Wildman–Crippen MR) is 133 cm³/mol. The molecule has 2 aromatic rings. The third-order valence-corrected chi connectivity index (χ3v) is 7.45. The van der Waals surface area contributed by atoms with Gasteiger partial charge in [-0.15, -0.1) is 0 Å². The molecule has 1 amide bonds. The zero-order valence-electron chi connectivity index (χ0n) is 20.0. The highest BCUT2D eigenvalue weighted by Crippen LogP contribution is 2.27. The standard InChI is InChI=1S/C25H35N5O2S/c1-4-29-10-12-30(13-11-29)23-18(2)19(3)27-25(28-23)33-17-20-7-5-8-21(15-20)24(31)26-16-22-9-6-14-32-22/h5,7-8,15,22H,4,6,9-14,16-17H2,1-3H3,(H,26,31). The van der Waals surface area contributed by atoms with Crippen LogP contribution in [0.5, 0.6) is 0 Å². The predicted octanol–water partition coefficient (Wildman–Crippen LogP) is 3.44. The molecule has 0 spiro atoms. The number of nitrogens with zero attached hydrogens (tertiary/aromatic N) is 4. The van der Waals surface area contributed by atoms with Gasteiger partial charge in [0.15, 0.2) is 5.16 Å². The van der Waals surface area contributed by atoms with Crippen molar-refractivity contribution in [1.29, 1.82) is 0 Å². The molecule has 1 aromatic carbocycles. The number of aryl methyl sites for hydroxylation is 1. The van der Waals surface area contributed by atoms with Gasteiger partial charge >= 0.3 is 0 Å². The van der Waals surface area contributed by atoms with Crippen LogP contribution in [0.2, 0.25) is 0 Å². The van der Waals surface area contributed by atoms with Crippen LogP contribution in [0.3, 0.4) is 0 Å². The molecular formula is C25H35N5O2S. The lowest BCUT2D eigenvalue weighted by Gasteiger charge is -2.35. The van der Waals surface area contributed by atoms with E-state index in [0.29, 0.717) is 12.1 Å². The Labute approximate surface area is 201 Å². The van der Waals surface area contributed by atoms with Crippen molar-refractivity contribution in [1.82, 2.24) is 20.2 Å². The minimum absolute atomic E-state index is 0.0479. The number of amides is 1. The second-order valence-corrected chi connectivity index (χ2v) is 9.74. The van der Waals surface area contributed by atoms with Gasteiger partial charge in [0.05, 0.1) is 6.10 Å². The number of carbonyl (C=O) groups is 1. The minimum Gasteiger partial charge on any atom is -0.376 e. The second-order valence-electron chi connectivity index (χ2n) is 8.80. The van der Waals surface area contributed by atoms with Gasteiger partial charge < -0.3 is 19.9 Å². The zero-order chi connectivity index (χ0) is 23.2. The van der Waals surface area contributed by atoms with Crippen LogP contribution in [-0.4, -0.2) is 72.8 Å². The van der Waals surface area contributed by atoms with Gasteiger partial charge in [-0.05, 0) is 50.9 Å². The molecule has 2 fully saturated rings. The number of rotatable bonds is 8. The molecule has 0 radical (unpaired) electrons. The number of hydrogen-bond acceptors (Lipinski definition) is 7. The van der Waals surface area contributed by atoms with Crippen molar-refractivity contribution in [3.63, 3.8) is 0 Å². The van der Waals surface area contributed by atoms with Gasteiger partial charge in [0.2, 0.25) is 0 Å². The fourth-order valence-corrected chi connectivity index (χ4v) is 5.13. The molecule has 3 heterocycles. The fraction of sp³-hybridized carbons (Fsp3) is 0.560. The number of anilines is 1. The lowest BCUT2D eigenvalue weighted by Crippen LogP contribution is -2.46. The SMILES string of the molecule is CCN1CCN(c2nc(SCc3cccc(C(=O)NCC4CCCO4)c3)nc(C)c2C)CC1. The summed E-state index contributed by atoms with van der Waals surface area (Å²) in [6, 6.07) is 7.82. The number of aromatic nitrogens is 2. The van der Waals surface area contributed by atoms with E-state index in [1.54, 1.807) is 11.8 Å². The van der Waals surface area contributed by atoms with Crippen LogP contribution in [0.25, 0.3) is 0 Å². The Hall–Kier alpha value is -2.16. The second kappa shape index (κ2) is 11.3. The molecule has 1 unspecified atom stereocenters. The first-order valence-electron chi connectivity index (χ1n) is 12.0. The van der Waals surface area contributed by atoms with Crippen LogP contribution >= 0.6 is 11.8 Å². The van der Waals surface area contributed by atoms with Gasteiger partial charge in [0.1, 0.15) is 5.82 Å².